The minimum atomic E-state index is -0.422. The van der Waals surface area contributed by atoms with E-state index in [0.29, 0.717) is 5.56 Å². The van der Waals surface area contributed by atoms with E-state index in [2.05, 4.69) is 38.4 Å². The molecule has 2 amide bonds. The molecule has 0 fully saturated rings. The Kier molecular flexibility index (Phi) is 6.96. The summed E-state index contributed by atoms with van der Waals surface area (Å²) in [5, 5.41) is 25.3. The maximum atomic E-state index is 11.9. The van der Waals surface area contributed by atoms with Crippen LogP contribution in [0.25, 0.3) is 0 Å². The molecule has 0 aliphatic rings. The molecule has 0 bridgehead atoms. The fourth-order valence-electron chi connectivity index (χ4n) is 2.08. The van der Waals surface area contributed by atoms with Crippen LogP contribution in [0.2, 0.25) is 0 Å². The normalized spacial score (nSPS) is 10.7. The summed E-state index contributed by atoms with van der Waals surface area (Å²) in [6, 6.07) is 9.68. The molecule has 0 spiro atoms. The number of rotatable bonds is 6. The van der Waals surface area contributed by atoms with Crippen molar-refractivity contribution in [3.05, 3.63) is 51.1 Å². The van der Waals surface area contributed by atoms with Gasteiger partial charge in [0.25, 0.3) is 0 Å². The summed E-state index contributed by atoms with van der Waals surface area (Å²) in [5.74, 6) is -0.910. The molecule has 0 radical (unpaired) electrons. The summed E-state index contributed by atoms with van der Waals surface area (Å²) >= 11 is 2.19. The van der Waals surface area contributed by atoms with Crippen molar-refractivity contribution in [1.29, 1.82) is 0 Å². The Morgan fingerprint density at radius 2 is 1.85 bits per heavy atom. The fraction of sp³-hybridized carbons (Fsp3) is 0.167. The minimum absolute atomic E-state index is 0.0197. The average molecular weight is 467 g/mol. The quantitative estimate of drug-likeness (QED) is 0.298. The summed E-state index contributed by atoms with van der Waals surface area (Å²) in [6.45, 7) is 1.90. The molecule has 0 aliphatic carbocycles. The average Bonchev–Trinajstić information content (AvgIpc) is 2.57. The maximum absolute atomic E-state index is 11.9. The van der Waals surface area contributed by atoms with Crippen molar-refractivity contribution in [3.63, 3.8) is 0 Å². The lowest BCUT2D eigenvalue weighted by atomic mass is 10.2. The highest BCUT2D eigenvalue weighted by Crippen LogP contribution is 2.20. The van der Waals surface area contributed by atoms with Crippen LogP contribution in [-0.4, -0.2) is 28.2 Å². The van der Waals surface area contributed by atoms with E-state index < -0.39 is 5.91 Å². The summed E-state index contributed by atoms with van der Waals surface area (Å²) in [4.78, 5) is 23.7. The van der Waals surface area contributed by atoms with E-state index in [1.165, 1.54) is 24.4 Å². The van der Waals surface area contributed by atoms with Gasteiger partial charge in [-0.1, -0.05) is 0 Å². The number of hydrogen-bond acceptors (Lipinski definition) is 5. The lowest BCUT2D eigenvalue weighted by Crippen LogP contribution is -2.20. The Balaban J connectivity index is 1.79. The summed E-state index contributed by atoms with van der Waals surface area (Å²) < 4.78 is 1.08. The molecule has 0 saturated carbocycles. The zero-order valence-electron chi connectivity index (χ0n) is 14.0. The standard InChI is InChI=1S/C18H18IN3O4/c1-11-8-13(19)3-5-15(11)21-17(25)6-7-18(26)22-20-10-12-2-4-14(23)9-16(12)24/h2-5,8-10,23-24H,6-7H2,1H3,(H,21,25)(H,22,26). The van der Waals surface area contributed by atoms with Crippen LogP contribution >= 0.6 is 22.6 Å². The number of aryl methyl sites for hydroxylation is 1. The molecule has 4 N–H and O–H groups in total. The van der Waals surface area contributed by atoms with Crippen LogP contribution in [0.4, 0.5) is 5.69 Å². The first-order chi connectivity index (χ1) is 12.3. The van der Waals surface area contributed by atoms with Gasteiger partial charge in [0.05, 0.1) is 6.21 Å². The van der Waals surface area contributed by atoms with Gasteiger partial charge in [-0.05, 0) is 65.4 Å². The van der Waals surface area contributed by atoms with E-state index in [1.54, 1.807) is 0 Å². The highest BCUT2D eigenvalue weighted by Gasteiger charge is 2.08. The largest absolute Gasteiger partial charge is 0.508 e. The molecule has 2 aromatic rings. The second-order valence-electron chi connectivity index (χ2n) is 5.54. The SMILES string of the molecule is Cc1cc(I)ccc1NC(=O)CCC(=O)NN=Cc1ccc(O)cc1O. The molecular formula is C18H18IN3O4. The number of carbonyl (C=O) groups excluding carboxylic acids is 2. The molecule has 26 heavy (non-hydrogen) atoms. The van der Waals surface area contributed by atoms with Crippen molar-refractivity contribution in [2.45, 2.75) is 19.8 Å². The second kappa shape index (κ2) is 9.18. The van der Waals surface area contributed by atoms with E-state index >= 15 is 0 Å². The predicted molar refractivity (Wildman–Crippen MR) is 107 cm³/mol. The predicted octanol–water partition coefficient (Wildman–Crippen LogP) is 2.88. The minimum Gasteiger partial charge on any atom is -0.508 e. The van der Waals surface area contributed by atoms with Crippen molar-refractivity contribution >= 4 is 46.3 Å². The van der Waals surface area contributed by atoms with Crippen LogP contribution in [0.5, 0.6) is 11.5 Å². The number of benzene rings is 2. The first-order valence-corrected chi connectivity index (χ1v) is 8.83. The van der Waals surface area contributed by atoms with Crippen LogP contribution in [0, 0.1) is 10.5 Å². The van der Waals surface area contributed by atoms with Crippen LogP contribution in [-0.2, 0) is 9.59 Å². The van der Waals surface area contributed by atoms with Crippen LogP contribution < -0.4 is 10.7 Å². The van der Waals surface area contributed by atoms with E-state index in [1.807, 2.05) is 25.1 Å². The van der Waals surface area contributed by atoms with Crippen molar-refractivity contribution in [3.8, 4) is 11.5 Å². The molecule has 0 heterocycles. The first kappa shape index (κ1) is 19.7. The van der Waals surface area contributed by atoms with Gasteiger partial charge in [0, 0.05) is 33.7 Å². The Hall–Kier alpha value is -2.62. The number of anilines is 1. The first-order valence-electron chi connectivity index (χ1n) is 7.75. The Bertz CT molecular complexity index is 852. The summed E-state index contributed by atoms with van der Waals surface area (Å²) in [5.41, 5.74) is 4.30. The highest BCUT2D eigenvalue weighted by atomic mass is 127. The second-order valence-corrected chi connectivity index (χ2v) is 6.79. The van der Waals surface area contributed by atoms with Gasteiger partial charge in [-0.25, -0.2) is 5.43 Å². The molecule has 2 aromatic carbocycles. The number of nitrogens with one attached hydrogen (secondary N) is 2. The van der Waals surface area contributed by atoms with Gasteiger partial charge in [0.1, 0.15) is 11.5 Å². The van der Waals surface area contributed by atoms with Gasteiger partial charge in [-0.3, -0.25) is 9.59 Å². The number of halogens is 1. The van der Waals surface area contributed by atoms with Crippen molar-refractivity contribution in [2.24, 2.45) is 5.10 Å². The van der Waals surface area contributed by atoms with Crippen molar-refractivity contribution in [1.82, 2.24) is 5.43 Å². The molecule has 136 valence electrons. The molecule has 0 unspecified atom stereocenters. The van der Waals surface area contributed by atoms with E-state index in [4.69, 9.17) is 0 Å². The van der Waals surface area contributed by atoms with Crippen molar-refractivity contribution < 1.29 is 19.8 Å². The number of phenols is 2. The van der Waals surface area contributed by atoms with Gasteiger partial charge in [0.2, 0.25) is 11.8 Å². The highest BCUT2D eigenvalue weighted by molar-refractivity contribution is 14.1. The molecule has 0 aliphatic heterocycles. The lowest BCUT2D eigenvalue weighted by molar-refractivity contribution is -0.124. The molecule has 0 aromatic heterocycles. The van der Waals surface area contributed by atoms with Gasteiger partial charge < -0.3 is 15.5 Å². The monoisotopic (exact) mass is 467 g/mol. The van der Waals surface area contributed by atoms with Gasteiger partial charge in [0.15, 0.2) is 0 Å². The van der Waals surface area contributed by atoms with Gasteiger partial charge in [-0.15, -0.1) is 0 Å². The number of aromatic hydroxyl groups is 2. The topological polar surface area (TPSA) is 111 Å². The van der Waals surface area contributed by atoms with Crippen LogP contribution in [0.15, 0.2) is 41.5 Å². The van der Waals surface area contributed by atoms with Gasteiger partial charge >= 0.3 is 0 Å². The molecule has 2 rings (SSSR count). The van der Waals surface area contributed by atoms with E-state index in [0.717, 1.165) is 14.8 Å². The smallest absolute Gasteiger partial charge is 0.240 e. The maximum Gasteiger partial charge on any atom is 0.240 e. The molecule has 0 saturated heterocycles. The Morgan fingerprint density at radius 1 is 1.12 bits per heavy atom. The molecule has 0 atom stereocenters. The van der Waals surface area contributed by atoms with Crippen LogP contribution in [0.3, 0.4) is 0 Å². The number of carbonyl (C=O) groups is 2. The number of hydrogen-bond donors (Lipinski definition) is 4. The number of amides is 2. The Morgan fingerprint density at radius 3 is 2.54 bits per heavy atom. The van der Waals surface area contributed by atoms with Crippen molar-refractivity contribution in [2.75, 3.05) is 5.32 Å². The fourth-order valence-corrected chi connectivity index (χ4v) is 2.72. The molecular weight excluding hydrogens is 449 g/mol. The third-order valence-electron chi connectivity index (χ3n) is 3.45. The number of phenolic OH excluding ortho intramolecular Hbond substituents is 2. The molecule has 8 heteroatoms. The summed E-state index contributed by atoms with van der Waals surface area (Å²) in [6.07, 6.45) is 1.26. The zero-order valence-corrected chi connectivity index (χ0v) is 16.1. The number of hydrazone groups is 1. The third-order valence-corrected chi connectivity index (χ3v) is 4.12. The lowest BCUT2D eigenvalue weighted by Gasteiger charge is -2.08. The van der Waals surface area contributed by atoms with E-state index in [9.17, 15) is 19.8 Å². The van der Waals surface area contributed by atoms with E-state index in [-0.39, 0.29) is 30.2 Å². The Labute approximate surface area is 164 Å². The van der Waals surface area contributed by atoms with Gasteiger partial charge in [-0.2, -0.15) is 5.10 Å². The van der Waals surface area contributed by atoms with Crippen LogP contribution in [0.1, 0.15) is 24.0 Å². The third kappa shape index (κ3) is 6.03. The number of nitrogens with zero attached hydrogens (tertiary/aromatic N) is 1. The summed E-state index contributed by atoms with van der Waals surface area (Å²) in [7, 11) is 0. The zero-order chi connectivity index (χ0) is 19.1. The molecule has 7 nitrogen and oxygen atoms in total.